The van der Waals surface area contributed by atoms with Crippen molar-refractivity contribution in [3.63, 3.8) is 0 Å². The van der Waals surface area contributed by atoms with Gasteiger partial charge in [-0.15, -0.1) is 11.3 Å². The lowest BCUT2D eigenvalue weighted by atomic mass is 9.88. The molecule has 1 atom stereocenters. The van der Waals surface area contributed by atoms with Gasteiger partial charge < -0.3 is 9.88 Å². The summed E-state index contributed by atoms with van der Waals surface area (Å²) in [4.78, 5) is 38.9. The summed E-state index contributed by atoms with van der Waals surface area (Å²) in [5.74, 6) is 1.50. The predicted molar refractivity (Wildman–Crippen MR) is 118 cm³/mol. The molecule has 6 nitrogen and oxygen atoms in total. The molecule has 1 amide bonds. The summed E-state index contributed by atoms with van der Waals surface area (Å²) in [6.45, 7) is 3.50. The van der Waals surface area contributed by atoms with Crippen LogP contribution in [0, 0.1) is 5.92 Å². The number of hydrogen-bond acceptors (Lipinski definition) is 5. The van der Waals surface area contributed by atoms with E-state index in [-0.39, 0.29) is 17.5 Å². The second kappa shape index (κ2) is 8.63. The van der Waals surface area contributed by atoms with Gasteiger partial charge in [-0.2, -0.15) is 0 Å². The molecule has 1 aliphatic carbocycles. The molecule has 2 aliphatic heterocycles. The first-order valence-electron chi connectivity index (χ1n) is 11.4. The number of hydrogen-bond donors (Lipinski definition) is 1. The van der Waals surface area contributed by atoms with Crippen molar-refractivity contribution >= 4 is 17.2 Å². The summed E-state index contributed by atoms with van der Waals surface area (Å²) in [6, 6.07) is 3.64. The van der Waals surface area contributed by atoms with Gasteiger partial charge in [-0.25, -0.2) is 4.98 Å². The molecule has 1 saturated carbocycles. The third-order valence-corrected chi connectivity index (χ3v) is 7.83. The minimum atomic E-state index is -0.127. The van der Waals surface area contributed by atoms with Crippen LogP contribution >= 0.6 is 11.3 Å². The van der Waals surface area contributed by atoms with Gasteiger partial charge in [-0.1, -0.05) is 25.3 Å². The van der Waals surface area contributed by atoms with Crippen molar-refractivity contribution in [1.82, 2.24) is 19.8 Å². The summed E-state index contributed by atoms with van der Waals surface area (Å²) in [5, 5.41) is 1.93. The average molecular weight is 427 g/mol. The Balaban J connectivity index is 1.33. The van der Waals surface area contributed by atoms with E-state index in [0.29, 0.717) is 12.4 Å². The van der Waals surface area contributed by atoms with Gasteiger partial charge >= 0.3 is 0 Å². The zero-order chi connectivity index (χ0) is 20.5. The summed E-state index contributed by atoms with van der Waals surface area (Å²) in [6.07, 6.45) is 9.35. The number of nitrogens with one attached hydrogen (secondary N) is 1. The highest BCUT2D eigenvalue weighted by Gasteiger charge is 2.34. The van der Waals surface area contributed by atoms with Crippen LogP contribution in [0.1, 0.15) is 77.7 Å². The third-order valence-electron chi connectivity index (χ3n) is 6.97. The normalized spacial score (nSPS) is 22.9. The van der Waals surface area contributed by atoms with Crippen molar-refractivity contribution in [3.05, 3.63) is 49.8 Å². The number of rotatable bonds is 4. The van der Waals surface area contributed by atoms with E-state index in [4.69, 9.17) is 4.98 Å². The van der Waals surface area contributed by atoms with E-state index in [9.17, 15) is 9.59 Å². The molecular weight excluding hydrogens is 396 g/mol. The van der Waals surface area contributed by atoms with Crippen LogP contribution in [0.25, 0.3) is 0 Å². The van der Waals surface area contributed by atoms with Crippen LogP contribution in [0.3, 0.4) is 0 Å². The Morgan fingerprint density at radius 3 is 2.83 bits per heavy atom. The van der Waals surface area contributed by atoms with Crippen LogP contribution in [0.2, 0.25) is 0 Å². The number of H-pyrrole nitrogens is 1. The van der Waals surface area contributed by atoms with Gasteiger partial charge in [0.2, 0.25) is 0 Å². The van der Waals surface area contributed by atoms with Crippen molar-refractivity contribution in [3.8, 4) is 0 Å². The average Bonchev–Trinajstić information content (AvgIpc) is 3.47. The maximum atomic E-state index is 13.0. The second-order valence-corrected chi connectivity index (χ2v) is 9.95. The Bertz CT molecular complexity index is 949. The van der Waals surface area contributed by atoms with Gasteiger partial charge in [-0.3, -0.25) is 14.5 Å². The molecule has 2 aromatic heterocycles. The van der Waals surface area contributed by atoms with E-state index in [0.717, 1.165) is 60.9 Å². The molecule has 0 radical (unpaired) electrons. The zero-order valence-corrected chi connectivity index (χ0v) is 18.3. The zero-order valence-electron chi connectivity index (χ0n) is 17.4. The number of carbonyl (C=O) groups is 1. The van der Waals surface area contributed by atoms with Gasteiger partial charge in [0.15, 0.2) is 0 Å². The Hall–Kier alpha value is -1.99. The number of fused-ring (bicyclic) bond motifs is 1. The van der Waals surface area contributed by atoms with Crippen molar-refractivity contribution in [2.24, 2.45) is 5.92 Å². The van der Waals surface area contributed by atoms with E-state index in [1.165, 1.54) is 43.4 Å². The van der Waals surface area contributed by atoms with Gasteiger partial charge in [-0.05, 0) is 43.0 Å². The third kappa shape index (κ3) is 3.97. The predicted octanol–water partition coefficient (Wildman–Crippen LogP) is 3.75. The van der Waals surface area contributed by atoms with Crippen LogP contribution < -0.4 is 5.56 Å². The molecule has 4 heterocycles. The minimum Gasteiger partial charge on any atom is -0.328 e. The Labute approximate surface area is 181 Å². The molecular formula is C23H30N4O2S. The highest BCUT2D eigenvalue weighted by Crippen LogP contribution is 2.32. The topological polar surface area (TPSA) is 69.3 Å². The van der Waals surface area contributed by atoms with Crippen LogP contribution in [0.4, 0.5) is 0 Å². The lowest BCUT2D eigenvalue weighted by Crippen LogP contribution is -2.40. The fourth-order valence-corrected chi connectivity index (χ4v) is 6.06. The smallest absolute Gasteiger partial charge is 0.264 e. The number of thiophene rings is 1. The highest BCUT2D eigenvalue weighted by molar-refractivity contribution is 7.12. The Morgan fingerprint density at radius 1 is 1.17 bits per heavy atom. The Morgan fingerprint density at radius 2 is 2.03 bits per heavy atom. The minimum absolute atomic E-state index is 0.0150. The van der Waals surface area contributed by atoms with Crippen LogP contribution in [0.15, 0.2) is 22.3 Å². The number of aromatic amines is 1. The molecule has 0 aromatic carbocycles. The molecule has 1 N–H and O–H groups in total. The van der Waals surface area contributed by atoms with Crippen LogP contribution in [-0.4, -0.2) is 45.3 Å². The van der Waals surface area contributed by atoms with Crippen molar-refractivity contribution in [1.29, 1.82) is 0 Å². The first-order chi connectivity index (χ1) is 14.7. The fraction of sp³-hybridized carbons (Fsp3) is 0.609. The molecule has 1 saturated heterocycles. The fourth-order valence-electron chi connectivity index (χ4n) is 5.38. The molecule has 0 spiro atoms. The van der Waals surface area contributed by atoms with E-state index in [2.05, 4.69) is 9.88 Å². The number of amides is 1. The van der Waals surface area contributed by atoms with Crippen molar-refractivity contribution < 1.29 is 4.79 Å². The van der Waals surface area contributed by atoms with Gasteiger partial charge in [0.1, 0.15) is 5.82 Å². The first-order valence-corrected chi connectivity index (χ1v) is 12.3. The van der Waals surface area contributed by atoms with Crippen molar-refractivity contribution in [2.45, 2.75) is 64.0 Å². The molecule has 2 fully saturated rings. The van der Waals surface area contributed by atoms with E-state index < -0.39 is 0 Å². The number of likely N-dealkylation sites (tertiary alicyclic amines) is 1. The number of nitrogens with zero attached hydrogens (tertiary/aromatic N) is 3. The molecule has 0 bridgehead atoms. The summed E-state index contributed by atoms with van der Waals surface area (Å²) < 4.78 is 0. The van der Waals surface area contributed by atoms with Crippen LogP contribution in [-0.2, 0) is 13.0 Å². The lowest BCUT2D eigenvalue weighted by Gasteiger charge is -2.33. The first kappa shape index (κ1) is 19.9. The molecule has 7 heteroatoms. The van der Waals surface area contributed by atoms with Crippen LogP contribution in [0.5, 0.6) is 0 Å². The SMILES string of the molecule is O=C(c1cccs1)N1CCCC1c1nc2c(c(=O)[nH]1)CN(CC1CCCCC1)CC2. The van der Waals surface area contributed by atoms with E-state index in [1.807, 2.05) is 22.4 Å². The standard InChI is InChI=1S/C23H30N4O2S/c28-22-17-15-26(14-16-6-2-1-3-7-16)12-10-18(17)24-21(25-22)19-8-4-11-27(19)23(29)20-9-5-13-30-20/h5,9,13,16,19H,1-4,6-8,10-12,14-15H2,(H,24,25,28). The van der Waals surface area contributed by atoms with Gasteiger partial charge in [0.25, 0.3) is 11.5 Å². The van der Waals surface area contributed by atoms with Crippen molar-refractivity contribution in [2.75, 3.05) is 19.6 Å². The van der Waals surface area contributed by atoms with E-state index in [1.54, 1.807) is 0 Å². The summed E-state index contributed by atoms with van der Waals surface area (Å²) in [7, 11) is 0. The second-order valence-electron chi connectivity index (χ2n) is 9.00. The molecule has 160 valence electrons. The van der Waals surface area contributed by atoms with E-state index >= 15 is 0 Å². The number of aromatic nitrogens is 2. The molecule has 3 aliphatic rings. The Kier molecular flexibility index (Phi) is 5.74. The molecule has 5 rings (SSSR count). The van der Waals surface area contributed by atoms with Gasteiger partial charge in [0.05, 0.1) is 22.2 Å². The maximum absolute atomic E-state index is 13.0. The largest absolute Gasteiger partial charge is 0.328 e. The molecule has 2 aromatic rings. The quantitative estimate of drug-likeness (QED) is 0.808. The monoisotopic (exact) mass is 426 g/mol. The summed E-state index contributed by atoms with van der Waals surface area (Å²) in [5.41, 5.74) is 1.75. The van der Waals surface area contributed by atoms with Gasteiger partial charge in [0, 0.05) is 32.6 Å². The highest BCUT2D eigenvalue weighted by atomic mass is 32.1. The molecule has 1 unspecified atom stereocenters. The number of carbonyl (C=O) groups excluding carboxylic acids is 1. The molecule has 30 heavy (non-hydrogen) atoms. The maximum Gasteiger partial charge on any atom is 0.264 e. The lowest BCUT2D eigenvalue weighted by molar-refractivity contribution is 0.0734. The summed E-state index contributed by atoms with van der Waals surface area (Å²) >= 11 is 1.47.